The largest absolute Gasteiger partial charge is 0.478 e. The van der Waals surface area contributed by atoms with Gasteiger partial charge in [0.15, 0.2) is 0 Å². The molecule has 0 heterocycles. The normalized spacial score (nSPS) is 13.3. The SMILES string of the molecule is CC(CNCc1ccccc1C(=O)O)C(C)(C)C. The van der Waals surface area contributed by atoms with E-state index in [4.69, 9.17) is 5.11 Å². The monoisotopic (exact) mass is 249 g/mol. The molecule has 0 spiro atoms. The number of rotatable bonds is 5. The third-order valence-electron chi connectivity index (χ3n) is 3.49. The molecule has 2 N–H and O–H groups in total. The third kappa shape index (κ3) is 4.15. The molecule has 0 aliphatic rings. The molecule has 100 valence electrons. The minimum absolute atomic E-state index is 0.263. The van der Waals surface area contributed by atoms with Gasteiger partial charge in [0, 0.05) is 6.54 Å². The van der Waals surface area contributed by atoms with Gasteiger partial charge in [-0.2, -0.15) is 0 Å². The van der Waals surface area contributed by atoms with Gasteiger partial charge >= 0.3 is 5.97 Å². The standard InChI is InChI=1S/C15H23NO2/c1-11(15(2,3)4)9-16-10-12-7-5-6-8-13(12)14(17)18/h5-8,11,16H,9-10H2,1-4H3,(H,17,18). The van der Waals surface area contributed by atoms with Crippen LogP contribution in [0.5, 0.6) is 0 Å². The molecular formula is C15H23NO2. The third-order valence-corrected chi connectivity index (χ3v) is 3.49. The van der Waals surface area contributed by atoms with Crippen molar-refractivity contribution in [2.75, 3.05) is 6.54 Å². The molecule has 1 atom stereocenters. The smallest absolute Gasteiger partial charge is 0.336 e. The molecule has 1 rings (SSSR count). The highest BCUT2D eigenvalue weighted by Crippen LogP contribution is 2.24. The van der Waals surface area contributed by atoms with Crippen molar-refractivity contribution < 1.29 is 9.90 Å². The fourth-order valence-electron chi connectivity index (χ4n) is 1.61. The predicted molar refractivity (Wildman–Crippen MR) is 73.7 cm³/mol. The summed E-state index contributed by atoms with van der Waals surface area (Å²) in [5.41, 5.74) is 1.48. The van der Waals surface area contributed by atoms with E-state index < -0.39 is 5.97 Å². The number of nitrogens with one attached hydrogen (secondary N) is 1. The van der Waals surface area contributed by atoms with E-state index >= 15 is 0 Å². The van der Waals surface area contributed by atoms with E-state index in [1.54, 1.807) is 12.1 Å². The first-order valence-electron chi connectivity index (χ1n) is 6.34. The minimum Gasteiger partial charge on any atom is -0.478 e. The molecule has 1 unspecified atom stereocenters. The Morgan fingerprint density at radius 1 is 1.33 bits per heavy atom. The first-order chi connectivity index (χ1) is 8.32. The van der Waals surface area contributed by atoms with Crippen LogP contribution in [0.4, 0.5) is 0 Å². The van der Waals surface area contributed by atoms with Gasteiger partial charge in [-0.1, -0.05) is 45.9 Å². The quantitative estimate of drug-likeness (QED) is 0.842. The van der Waals surface area contributed by atoms with E-state index in [1.807, 2.05) is 12.1 Å². The van der Waals surface area contributed by atoms with Crippen LogP contribution in [0.25, 0.3) is 0 Å². The van der Waals surface area contributed by atoms with Gasteiger partial charge in [-0.25, -0.2) is 4.79 Å². The summed E-state index contributed by atoms with van der Waals surface area (Å²) in [6.45, 7) is 10.3. The molecule has 0 aliphatic heterocycles. The van der Waals surface area contributed by atoms with Gasteiger partial charge in [-0.05, 0) is 29.5 Å². The molecule has 18 heavy (non-hydrogen) atoms. The zero-order chi connectivity index (χ0) is 13.8. The molecule has 0 fully saturated rings. The number of carboxylic acid groups (broad SMARTS) is 1. The molecule has 0 aromatic heterocycles. The van der Waals surface area contributed by atoms with Gasteiger partial charge < -0.3 is 10.4 Å². The van der Waals surface area contributed by atoms with E-state index in [-0.39, 0.29) is 5.41 Å². The van der Waals surface area contributed by atoms with Crippen LogP contribution in [-0.2, 0) is 6.54 Å². The molecule has 0 radical (unpaired) electrons. The van der Waals surface area contributed by atoms with E-state index in [9.17, 15) is 4.79 Å². The van der Waals surface area contributed by atoms with Gasteiger partial charge in [0.05, 0.1) is 5.56 Å². The van der Waals surface area contributed by atoms with Crippen LogP contribution < -0.4 is 5.32 Å². The van der Waals surface area contributed by atoms with Crippen LogP contribution in [0, 0.1) is 11.3 Å². The van der Waals surface area contributed by atoms with Crippen molar-refractivity contribution in [1.29, 1.82) is 0 Å². The molecule has 0 saturated heterocycles. The van der Waals surface area contributed by atoms with Crippen LogP contribution in [-0.4, -0.2) is 17.6 Å². The highest BCUT2D eigenvalue weighted by molar-refractivity contribution is 5.89. The van der Waals surface area contributed by atoms with E-state index in [2.05, 4.69) is 33.0 Å². The summed E-state index contributed by atoms with van der Waals surface area (Å²) in [6.07, 6.45) is 0. The van der Waals surface area contributed by atoms with Crippen LogP contribution in [0.1, 0.15) is 43.6 Å². The second-order valence-electron chi connectivity index (χ2n) is 5.86. The molecule has 0 amide bonds. The molecule has 0 saturated carbocycles. The maximum absolute atomic E-state index is 11.1. The fourth-order valence-corrected chi connectivity index (χ4v) is 1.61. The number of carboxylic acids is 1. The molecular weight excluding hydrogens is 226 g/mol. The Bertz CT molecular complexity index is 407. The topological polar surface area (TPSA) is 49.3 Å². The van der Waals surface area contributed by atoms with Crippen molar-refractivity contribution in [1.82, 2.24) is 5.32 Å². The Morgan fingerprint density at radius 2 is 1.94 bits per heavy atom. The fraction of sp³-hybridized carbons (Fsp3) is 0.533. The molecule has 1 aromatic carbocycles. The Morgan fingerprint density at radius 3 is 2.50 bits per heavy atom. The van der Waals surface area contributed by atoms with Crippen LogP contribution >= 0.6 is 0 Å². The maximum atomic E-state index is 11.1. The van der Waals surface area contributed by atoms with Gasteiger partial charge in [0.25, 0.3) is 0 Å². The van der Waals surface area contributed by atoms with Gasteiger partial charge in [-0.15, -0.1) is 0 Å². The Kier molecular flexibility index (Phi) is 4.91. The lowest BCUT2D eigenvalue weighted by Crippen LogP contribution is -2.29. The lowest BCUT2D eigenvalue weighted by molar-refractivity contribution is 0.0695. The Balaban J connectivity index is 2.57. The Hall–Kier alpha value is -1.35. The zero-order valence-corrected chi connectivity index (χ0v) is 11.7. The summed E-state index contributed by atoms with van der Waals surface area (Å²) in [5, 5.41) is 12.4. The zero-order valence-electron chi connectivity index (χ0n) is 11.7. The van der Waals surface area contributed by atoms with Crippen LogP contribution in [0.15, 0.2) is 24.3 Å². The van der Waals surface area contributed by atoms with Crippen molar-refractivity contribution in [2.24, 2.45) is 11.3 Å². The number of carbonyl (C=O) groups is 1. The number of benzene rings is 1. The first kappa shape index (κ1) is 14.7. The summed E-state index contributed by atoms with van der Waals surface area (Å²) in [4.78, 5) is 11.1. The molecule has 0 aliphatic carbocycles. The number of aromatic carboxylic acids is 1. The van der Waals surface area contributed by atoms with Gasteiger partial charge in [0.1, 0.15) is 0 Å². The van der Waals surface area contributed by atoms with Crippen LogP contribution in [0.3, 0.4) is 0 Å². The maximum Gasteiger partial charge on any atom is 0.336 e. The lowest BCUT2D eigenvalue weighted by atomic mass is 9.82. The van der Waals surface area contributed by atoms with Gasteiger partial charge in [0.2, 0.25) is 0 Å². The summed E-state index contributed by atoms with van der Waals surface area (Å²) in [6, 6.07) is 7.13. The summed E-state index contributed by atoms with van der Waals surface area (Å²) in [7, 11) is 0. The lowest BCUT2D eigenvalue weighted by Gasteiger charge is -2.27. The Labute approximate surface area is 109 Å². The highest BCUT2D eigenvalue weighted by atomic mass is 16.4. The predicted octanol–water partition coefficient (Wildman–Crippen LogP) is 3.16. The van der Waals surface area contributed by atoms with Crippen LogP contribution in [0.2, 0.25) is 0 Å². The van der Waals surface area contributed by atoms with E-state index in [0.29, 0.717) is 18.0 Å². The van der Waals surface area contributed by atoms with Crippen molar-refractivity contribution in [3.8, 4) is 0 Å². The number of hydrogen-bond donors (Lipinski definition) is 2. The molecule has 1 aromatic rings. The van der Waals surface area contributed by atoms with Crippen molar-refractivity contribution in [3.63, 3.8) is 0 Å². The molecule has 0 bridgehead atoms. The average Bonchev–Trinajstić information content (AvgIpc) is 2.28. The highest BCUT2D eigenvalue weighted by Gasteiger charge is 2.19. The van der Waals surface area contributed by atoms with Crippen molar-refractivity contribution >= 4 is 5.97 Å². The minimum atomic E-state index is -0.865. The second kappa shape index (κ2) is 6.01. The summed E-state index contributed by atoms with van der Waals surface area (Å²) < 4.78 is 0. The van der Waals surface area contributed by atoms with Gasteiger partial charge in [-0.3, -0.25) is 0 Å². The van der Waals surface area contributed by atoms with E-state index in [0.717, 1.165) is 12.1 Å². The summed E-state index contributed by atoms with van der Waals surface area (Å²) in [5.74, 6) is -0.328. The molecule has 3 heteroatoms. The first-order valence-corrected chi connectivity index (χ1v) is 6.34. The van der Waals surface area contributed by atoms with E-state index in [1.165, 1.54) is 0 Å². The second-order valence-corrected chi connectivity index (χ2v) is 5.86. The van der Waals surface area contributed by atoms with Crippen molar-refractivity contribution in [3.05, 3.63) is 35.4 Å². The van der Waals surface area contributed by atoms with Crippen molar-refractivity contribution in [2.45, 2.75) is 34.2 Å². The summed E-state index contributed by atoms with van der Waals surface area (Å²) >= 11 is 0. The number of hydrogen-bond acceptors (Lipinski definition) is 2. The molecule has 3 nitrogen and oxygen atoms in total. The average molecular weight is 249 g/mol.